The van der Waals surface area contributed by atoms with Crippen molar-refractivity contribution in [3.05, 3.63) is 35.9 Å². The molecule has 0 radical (unpaired) electrons. The Hall–Kier alpha value is -1.55. The average molecular weight is 270 g/mol. The van der Waals surface area contributed by atoms with Crippen molar-refractivity contribution in [2.45, 2.75) is 25.3 Å². The fourth-order valence-electron chi connectivity index (χ4n) is 2.21. The highest BCUT2D eigenvalue weighted by molar-refractivity contribution is 5.88. The number of ketones is 1. The van der Waals surface area contributed by atoms with E-state index in [0.717, 1.165) is 5.56 Å². The van der Waals surface area contributed by atoms with Crippen LogP contribution in [0.4, 0.5) is 4.79 Å². The van der Waals surface area contributed by atoms with Crippen LogP contribution in [0.15, 0.2) is 30.3 Å². The molecule has 1 aliphatic rings. The number of hydrogen-bond donors (Lipinski definition) is 1. The van der Waals surface area contributed by atoms with Gasteiger partial charge in [0, 0.05) is 19.4 Å². The van der Waals surface area contributed by atoms with E-state index >= 15 is 0 Å². The van der Waals surface area contributed by atoms with Crippen LogP contribution in [-0.2, 0) is 11.2 Å². The lowest BCUT2D eigenvalue weighted by Gasteiger charge is -2.32. The molecule has 1 aromatic rings. The Balaban J connectivity index is 0.00000162. The van der Waals surface area contributed by atoms with Crippen LogP contribution >= 0.6 is 12.4 Å². The number of carbonyl (C=O) groups excluding carboxylic acids is 1. The minimum Gasteiger partial charge on any atom is -0.465 e. The van der Waals surface area contributed by atoms with Crippen LogP contribution in [0.25, 0.3) is 0 Å². The summed E-state index contributed by atoms with van der Waals surface area (Å²) in [5.41, 5.74) is 0.999. The van der Waals surface area contributed by atoms with Gasteiger partial charge in [-0.3, -0.25) is 9.69 Å². The lowest BCUT2D eigenvalue weighted by Crippen LogP contribution is -2.49. The third-order valence-electron chi connectivity index (χ3n) is 3.09. The quantitative estimate of drug-likeness (QED) is 0.897. The SMILES string of the molecule is Cl.O=C1CCCN(C(=O)O)C1Cc1ccccc1. The molecule has 18 heavy (non-hydrogen) atoms. The number of benzene rings is 1. The molecule has 1 unspecified atom stereocenters. The highest BCUT2D eigenvalue weighted by Crippen LogP contribution is 2.18. The van der Waals surface area contributed by atoms with Crippen LogP contribution in [0.1, 0.15) is 18.4 Å². The topological polar surface area (TPSA) is 57.6 Å². The maximum Gasteiger partial charge on any atom is 0.407 e. The van der Waals surface area contributed by atoms with E-state index in [-0.39, 0.29) is 18.2 Å². The number of Topliss-reactive ketones (excluding diaryl/α,β-unsaturated/α-hetero) is 1. The number of nitrogens with zero attached hydrogens (tertiary/aromatic N) is 1. The second-order valence-corrected chi connectivity index (χ2v) is 4.25. The van der Waals surface area contributed by atoms with Gasteiger partial charge in [-0.1, -0.05) is 30.3 Å². The summed E-state index contributed by atoms with van der Waals surface area (Å²) in [6.45, 7) is 0.457. The molecule has 1 saturated heterocycles. The Bertz CT molecular complexity index is 422. The standard InChI is InChI=1S/C13H15NO3.ClH/c15-12-7-4-8-14(13(16)17)11(12)9-10-5-2-1-3-6-10;/h1-3,5-6,11H,4,7-9H2,(H,16,17);1H. The molecule has 0 aromatic heterocycles. The monoisotopic (exact) mass is 269 g/mol. The molecule has 1 N–H and O–H groups in total. The molecule has 4 nitrogen and oxygen atoms in total. The van der Waals surface area contributed by atoms with Crippen molar-refractivity contribution in [2.75, 3.05) is 6.54 Å². The number of halogens is 1. The van der Waals surface area contributed by atoms with E-state index in [0.29, 0.717) is 25.8 Å². The third kappa shape index (κ3) is 3.23. The Labute approximate surface area is 112 Å². The maximum absolute atomic E-state index is 11.8. The molecule has 0 aliphatic carbocycles. The van der Waals surface area contributed by atoms with E-state index in [2.05, 4.69) is 0 Å². The van der Waals surface area contributed by atoms with E-state index in [1.165, 1.54) is 4.90 Å². The van der Waals surface area contributed by atoms with Gasteiger partial charge in [0.1, 0.15) is 0 Å². The molecular formula is C13H16ClNO3. The van der Waals surface area contributed by atoms with Crippen LogP contribution in [0.2, 0.25) is 0 Å². The van der Waals surface area contributed by atoms with Crippen molar-refractivity contribution in [3.8, 4) is 0 Å². The van der Waals surface area contributed by atoms with Crippen LogP contribution in [0, 0.1) is 0 Å². The smallest absolute Gasteiger partial charge is 0.407 e. The Morgan fingerprint density at radius 1 is 1.33 bits per heavy atom. The number of likely N-dealkylation sites (tertiary alicyclic amines) is 1. The molecule has 1 aliphatic heterocycles. The molecule has 98 valence electrons. The third-order valence-corrected chi connectivity index (χ3v) is 3.09. The van der Waals surface area contributed by atoms with E-state index < -0.39 is 12.1 Å². The van der Waals surface area contributed by atoms with Gasteiger partial charge in [0.2, 0.25) is 0 Å². The molecule has 5 heteroatoms. The van der Waals surface area contributed by atoms with Gasteiger partial charge < -0.3 is 5.11 Å². The average Bonchev–Trinajstić information content (AvgIpc) is 2.33. The number of amides is 1. The predicted molar refractivity (Wildman–Crippen MR) is 70.2 cm³/mol. The Kier molecular flexibility index (Phi) is 5.16. The minimum atomic E-state index is -1.00. The number of piperidine rings is 1. The normalized spacial score (nSPS) is 19.2. The van der Waals surface area contributed by atoms with Crippen molar-refractivity contribution in [1.29, 1.82) is 0 Å². The zero-order valence-corrected chi connectivity index (χ0v) is 10.7. The zero-order valence-electron chi connectivity index (χ0n) is 9.91. The molecule has 1 fully saturated rings. The summed E-state index contributed by atoms with van der Waals surface area (Å²) < 4.78 is 0. The zero-order chi connectivity index (χ0) is 12.3. The highest BCUT2D eigenvalue weighted by atomic mass is 35.5. The first-order chi connectivity index (χ1) is 8.18. The summed E-state index contributed by atoms with van der Waals surface area (Å²) in [4.78, 5) is 24.1. The number of hydrogen-bond acceptors (Lipinski definition) is 2. The fraction of sp³-hybridized carbons (Fsp3) is 0.385. The second-order valence-electron chi connectivity index (χ2n) is 4.25. The summed E-state index contributed by atoms with van der Waals surface area (Å²) in [7, 11) is 0. The predicted octanol–water partition coefficient (Wildman–Crippen LogP) is 2.36. The van der Waals surface area contributed by atoms with E-state index in [1.807, 2.05) is 30.3 Å². The molecule has 2 rings (SSSR count). The molecule has 0 bridgehead atoms. The molecule has 0 saturated carbocycles. The minimum absolute atomic E-state index is 0. The second kappa shape index (κ2) is 6.40. The van der Waals surface area contributed by atoms with Crippen LogP contribution in [0.5, 0.6) is 0 Å². The van der Waals surface area contributed by atoms with Gasteiger partial charge in [-0.25, -0.2) is 4.79 Å². The van der Waals surface area contributed by atoms with Crippen molar-refractivity contribution >= 4 is 24.3 Å². The lowest BCUT2D eigenvalue weighted by molar-refractivity contribution is -0.126. The molecule has 1 heterocycles. The van der Waals surface area contributed by atoms with Crippen molar-refractivity contribution in [2.24, 2.45) is 0 Å². The first-order valence-electron chi connectivity index (χ1n) is 5.74. The van der Waals surface area contributed by atoms with E-state index in [4.69, 9.17) is 5.11 Å². The fourth-order valence-corrected chi connectivity index (χ4v) is 2.21. The Morgan fingerprint density at radius 3 is 2.61 bits per heavy atom. The lowest BCUT2D eigenvalue weighted by atomic mass is 9.95. The Morgan fingerprint density at radius 2 is 2.00 bits per heavy atom. The summed E-state index contributed by atoms with van der Waals surface area (Å²) in [6.07, 6.45) is 0.600. The highest BCUT2D eigenvalue weighted by Gasteiger charge is 2.32. The van der Waals surface area contributed by atoms with E-state index in [1.54, 1.807) is 0 Å². The molecule has 1 amide bonds. The van der Waals surface area contributed by atoms with Gasteiger partial charge >= 0.3 is 6.09 Å². The van der Waals surface area contributed by atoms with Crippen molar-refractivity contribution < 1.29 is 14.7 Å². The maximum atomic E-state index is 11.8. The van der Waals surface area contributed by atoms with Crippen LogP contribution in [-0.4, -0.2) is 34.5 Å². The molecular weight excluding hydrogens is 254 g/mol. The van der Waals surface area contributed by atoms with Gasteiger partial charge in [0.05, 0.1) is 6.04 Å². The summed E-state index contributed by atoms with van der Waals surface area (Å²) in [5, 5.41) is 9.08. The summed E-state index contributed by atoms with van der Waals surface area (Å²) in [6, 6.07) is 9.02. The molecule has 0 spiro atoms. The first kappa shape index (κ1) is 14.5. The van der Waals surface area contributed by atoms with Gasteiger partial charge in [-0.05, 0) is 12.0 Å². The largest absolute Gasteiger partial charge is 0.465 e. The summed E-state index contributed by atoms with van der Waals surface area (Å²) in [5.74, 6) is 0.0301. The van der Waals surface area contributed by atoms with Gasteiger partial charge in [-0.15, -0.1) is 12.4 Å². The molecule has 1 aromatic carbocycles. The number of rotatable bonds is 2. The number of carbonyl (C=O) groups is 2. The van der Waals surface area contributed by atoms with Crippen molar-refractivity contribution in [3.63, 3.8) is 0 Å². The number of carboxylic acid groups (broad SMARTS) is 1. The van der Waals surface area contributed by atoms with Crippen LogP contribution in [0.3, 0.4) is 0 Å². The van der Waals surface area contributed by atoms with Gasteiger partial charge in [-0.2, -0.15) is 0 Å². The first-order valence-corrected chi connectivity index (χ1v) is 5.74. The van der Waals surface area contributed by atoms with Gasteiger partial charge in [0.25, 0.3) is 0 Å². The van der Waals surface area contributed by atoms with Crippen molar-refractivity contribution in [1.82, 2.24) is 4.90 Å². The van der Waals surface area contributed by atoms with Crippen LogP contribution < -0.4 is 0 Å². The summed E-state index contributed by atoms with van der Waals surface area (Å²) >= 11 is 0. The van der Waals surface area contributed by atoms with E-state index in [9.17, 15) is 9.59 Å². The molecule has 1 atom stereocenters. The van der Waals surface area contributed by atoms with Gasteiger partial charge in [0.15, 0.2) is 5.78 Å².